The van der Waals surface area contributed by atoms with Crippen LogP contribution >= 0.6 is 11.8 Å². The summed E-state index contributed by atoms with van der Waals surface area (Å²) in [5.41, 5.74) is 0. The Kier molecular flexibility index (Phi) is 10.4. The number of benzene rings is 1. The Bertz CT molecular complexity index is 554. The lowest BCUT2D eigenvalue weighted by molar-refractivity contribution is -0.107. The van der Waals surface area contributed by atoms with Crippen LogP contribution in [0.25, 0.3) is 0 Å². The van der Waals surface area contributed by atoms with Crippen LogP contribution in [0.1, 0.15) is 64.2 Å². The third kappa shape index (κ3) is 7.92. The van der Waals surface area contributed by atoms with Gasteiger partial charge in [0, 0.05) is 17.1 Å². The number of rotatable bonds is 13. The highest BCUT2D eigenvalue weighted by atomic mass is 32.2. The minimum absolute atomic E-state index is 0.242. The van der Waals surface area contributed by atoms with Gasteiger partial charge < -0.3 is 15.0 Å². The van der Waals surface area contributed by atoms with E-state index in [2.05, 4.69) is 0 Å². The van der Waals surface area contributed by atoms with E-state index in [-0.39, 0.29) is 17.8 Å². The second kappa shape index (κ2) is 12.5. The molecule has 2 rings (SSSR count). The number of aliphatic hydroxyl groups excluding tert-OH is 2. The topological polar surface area (TPSA) is 57.5 Å². The molecule has 2 N–H and O–H groups in total. The number of hydrogen-bond acceptors (Lipinski definition) is 4. The zero-order valence-corrected chi connectivity index (χ0v) is 16.9. The van der Waals surface area contributed by atoms with E-state index in [1.807, 2.05) is 0 Å². The van der Waals surface area contributed by atoms with Crippen LogP contribution in [0.5, 0.6) is 0 Å². The standard InChI is InChI=1S/C22H33FO3S/c23-20-9-5-6-10-22(20)27-16-18(25)12-13-19-17(11-14-21(19)26)8-4-2-1-3-7-15-24/h5-6,9-10,15,17-19,21,25-26H,1-4,7-8,11-14,16H2/t17-,18+,19+,21+/m0/s1. The van der Waals surface area contributed by atoms with Gasteiger partial charge in [-0.1, -0.05) is 37.8 Å². The van der Waals surface area contributed by atoms with Crippen molar-refractivity contribution in [2.24, 2.45) is 11.8 Å². The molecule has 0 heterocycles. The maximum absolute atomic E-state index is 13.6. The number of aliphatic hydroxyl groups is 2. The summed E-state index contributed by atoms with van der Waals surface area (Å²) in [6.45, 7) is 0. The second-order valence-electron chi connectivity index (χ2n) is 7.70. The Morgan fingerprint density at radius 3 is 2.70 bits per heavy atom. The monoisotopic (exact) mass is 396 g/mol. The predicted octanol–water partition coefficient (Wildman–Crippen LogP) is 4.99. The Morgan fingerprint density at radius 2 is 1.93 bits per heavy atom. The van der Waals surface area contributed by atoms with Crippen molar-refractivity contribution in [3.05, 3.63) is 30.1 Å². The normalized spacial score (nSPS) is 23.4. The number of thioether (sulfide) groups is 1. The lowest BCUT2D eigenvalue weighted by Crippen LogP contribution is -2.22. The highest BCUT2D eigenvalue weighted by Gasteiger charge is 2.34. The van der Waals surface area contributed by atoms with Crippen LogP contribution in [0.4, 0.5) is 4.39 Å². The van der Waals surface area contributed by atoms with E-state index >= 15 is 0 Å². The van der Waals surface area contributed by atoms with Crippen LogP contribution in [-0.4, -0.2) is 34.5 Å². The van der Waals surface area contributed by atoms with E-state index in [1.54, 1.807) is 18.2 Å². The molecule has 1 aliphatic rings. The van der Waals surface area contributed by atoms with Crippen LogP contribution in [0.3, 0.4) is 0 Å². The Morgan fingerprint density at radius 1 is 1.15 bits per heavy atom. The van der Waals surface area contributed by atoms with E-state index in [0.717, 1.165) is 57.7 Å². The van der Waals surface area contributed by atoms with Crippen LogP contribution in [0.15, 0.2) is 29.2 Å². The summed E-state index contributed by atoms with van der Waals surface area (Å²) in [7, 11) is 0. The Labute approximate surface area is 166 Å². The van der Waals surface area contributed by atoms with Gasteiger partial charge in [0.15, 0.2) is 0 Å². The summed E-state index contributed by atoms with van der Waals surface area (Å²) >= 11 is 1.35. The molecule has 0 spiro atoms. The first-order valence-electron chi connectivity index (χ1n) is 10.3. The summed E-state index contributed by atoms with van der Waals surface area (Å²) in [4.78, 5) is 10.9. The molecular formula is C22H33FO3S. The molecule has 0 saturated heterocycles. The maximum Gasteiger partial charge on any atom is 0.136 e. The van der Waals surface area contributed by atoms with E-state index in [0.29, 0.717) is 29.4 Å². The van der Waals surface area contributed by atoms with Gasteiger partial charge in [-0.2, -0.15) is 0 Å². The van der Waals surface area contributed by atoms with Crippen molar-refractivity contribution >= 4 is 18.0 Å². The largest absolute Gasteiger partial charge is 0.393 e. The van der Waals surface area contributed by atoms with Crippen molar-refractivity contribution in [1.29, 1.82) is 0 Å². The summed E-state index contributed by atoms with van der Waals surface area (Å²) < 4.78 is 13.6. The van der Waals surface area contributed by atoms with Gasteiger partial charge in [-0.25, -0.2) is 4.39 Å². The highest BCUT2D eigenvalue weighted by molar-refractivity contribution is 7.99. The first-order valence-corrected chi connectivity index (χ1v) is 11.3. The van der Waals surface area contributed by atoms with Gasteiger partial charge in [0.2, 0.25) is 0 Å². The van der Waals surface area contributed by atoms with Crippen molar-refractivity contribution in [2.45, 2.75) is 81.3 Å². The average Bonchev–Trinajstić information content (AvgIpc) is 3.02. The molecule has 1 aromatic rings. The van der Waals surface area contributed by atoms with Crippen molar-refractivity contribution in [2.75, 3.05) is 5.75 Å². The van der Waals surface area contributed by atoms with Gasteiger partial charge in [0.1, 0.15) is 12.1 Å². The SMILES string of the molecule is O=CCCCCCC[C@H]1CC[C@@H](O)[C@@H]1CC[C@@H](O)CSc1ccccc1F. The molecule has 0 bridgehead atoms. The van der Waals surface area contributed by atoms with E-state index in [9.17, 15) is 19.4 Å². The molecular weight excluding hydrogens is 363 g/mol. The minimum Gasteiger partial charge on any atom is -0.393 e. The van der Waals surface area contributed by atoms with E-state index < -0.39 is 6.10 Å². The number of halogens is 1. The molecule has 5 heteroatoms. The molecule has 4 atom stereocenters. The van der Waals surface area contributed by atoms with Crippen molar-refractivity contribution in [3.8, 4) is 0 Å². The number of carbonyl (C=O) groups is 1. The first kappa shape index (κ1) is 22.4. The van der Waals surface area contributed by atoms with Crippen molar-refractivity contribution in [3.63, 3.8) is 0 Å². The quantitative estimate of drug-likeness (QED) is 0.280. The highest BCUT2D eigenvalue weighted by Crippen LogP contribution is 2.39. The maximum atomic E-state index is 13.6. The lowest BCUT2D eigenvalue weighted by Gasteiger charge is -2.23. The van der Waals surface area contributed by atoms with Crippen molar-refractivity contribution in [1.82, 2.24) is 0 Å². The molecule has 1 aromatic carbocycles. The summed E-state index contributed by atoms with van der Waals surface area (Å²) in [6, 6.07) is 6.64. The smallest absolute Gasteiger partial charge is 0.136 e. The zero-order valence-electron chi connectivity index (χ0n) is 16.1. The fourth-order valence-electron chi connectivity index (χ4n) is 4.12. The van der Waals surface area contributed by atoms with Gasteiger partial charge in [-0.05, 0) is 56.1 Å². The van der Waals surface area contributed by atoms with Gasteiger partial charge in [0.25, 0.3) is 0 Å². The predicted molar refractivity (Wildman–Crippen MR) is 108 cm³/mol. The van der Waals surface area contributed by atoms with Gasteiger partial charge in [-0.15, -0.1) is 11.8 Å². The lowest BCUT2D eigenvalue weighted by atomic mass is 9.86. The third-order valence-electron chi connectivity index (χ3n) is 5.68. The summed E-state index contributed by atoms with van der Waals surface area (Å²) in [5, 5.41) is 20.6. The third-order valence-corrected chi connectivity index (χ3v) is 6.87. The van der Waals surface area contributed by atoms with Crippen LogP contribution in [0.2, 0.25) is 0 Å². The molecule has 27 heavy (non-hydrogen) atoms. The molecule has 1 fully saturated rings. The van der Waals surface area contributed by atoms with Gasteiger partial charge in [0.05, 0.1) is 12.2 Å². The number of carbonyl (C=O) groups excluding carboxylic acids is 1. The molecule has 3 nitrogen and oxygen atoms in total. The molecule has 1 saturated carbocycles. The van der Waals surface area contributed by atoms with E-state index in [1.165, 1.54) is 17.8 Å². The average molecular weight is 397 g/mol. The molecule has 0 amide bonds. The van der Waals surface area contributed by atoms with Gasteiger partial charge in [-0.3, -0.25) is 0 Å². The molecule has 1 aliphatic carbocycles. The Balaban J connectivity index is 1.67. The molecule has 0 unspecified atom stereocenters. The number of aldehydes is 1. The molecule has 0 aromatic heterocycles. The van der Waals surface area contributed by atoms with Gasteiger partial charge >= 0.3 is 0 Å². The molecule has 0 radical (unpaired) electrons. The number of unbranched alkanes of at least 4 members (excludes halogenated alkanes) is 4. The van der Waals surface area contributed by atoms with Crippen LogP contribution in [-0.2, 0) is 4.79 Å². The van der Waals surface area contributed by atoms with Crippen LogP contribution in [0, 0.1) is 17.7 Å². The fourth-order valence-corrected chi connectivity index (χ4v) is 5.04. The summed E-state index contributed by atoms with van der Waals surface area (Å²) in [5.74, 6) is 1.05. The summed E-state index contributed by atoms with van der Waals surface area (Å²) in [6.07, 6.45) is 9.83. The second-order valence-corrected chi connectivity index (χ2v) is 8.76. The fraction of sp³-hybridized carbons (Fsp3) is 0.682. The van der Waals surface area contributed by atoms with Crippen LogP contribution < -0.4 is 0 Å². The zero-order chi connectivity index (χ0) is 19.5. The first-order chi connectivity index (χ1) is 13.1. The van der Waals surface area contributed by atoms with E-state index in [4.69, 9.17) is 0 Å². The van der Waals surface area contributed by atoms with Crippen molar-refractivity contribution < 1.29 is 19.4 Å². The minimum atomic E-state index is -0.480. The Hall–Kier alpha value is -0.910. The molecule has 0 aliphatic heterocycles. The molecule has 152 valence electrons. The number of hydrogen-bond donors (Lipinski definition) is 2.